The zero-order valence-corrected chi connectivity index (χ0v) is 21.0. The van der Waals surface area contributed by atoms with Crippen LogP contribution in [-0.4, -0.2) is 61.2 Å². The number of likely N-dealkylation sites (N-methyl/N-ethyl adjacent to an activating group) is 1. The topological polar surface area (TPSA) is 109 Å². The molecule has 4 atom stereocenters. The Labute approximate surface area is 211 Å². The summed E-state index contributed by atoms with van der Waals surface area (Å²) in [5.41, 5.74) is 1.95. The Morgan fingerprint density at radius 2 is 1.92 bits per heavy atom. The van der Waals surface area contributed by atoms with E-state index in [1.165, 1.54) is 0 Å². The van der Waals surface area contributed by atoms with Crippen LogP contribution < -0.4 is 20.7 Å². The van der Waals surface area contributed by atoms with E-state index >= 15 is 0 Å². The molecular formula is C27H34N4O5. The monoisotopic (exact) mass is 494 g/mol. The number of hydrogen-bond acceptors (Lipinski definition) is 5. The molecule has 0 aromatic heterocycles. The predicted octanol–water partition coefficient (Wildman–Crippen LogP) is 3.48. The van der Waals surface area contributed by atoms with Gasteiger partial charge in [-0.25, -0.2) is 4.79 Å². The Balaban J connectivity index is 1.39. The van der Waals surface area contributed by atoms with Crippen molar-refractivity contribution >= 4 is 23.5 Å². The lowest BCUT2D eigenvalue weighted by molar-refractivity contribution is -0.134. The van der Waals surface area contributed by atoms with Crippen molar-refractivity contribution in [3.63, 3.8) is 0 Å². The number of amides is 4. The predicted molar refractivity (Wildman–Crippen MR) is 136 cm³/mol. The minimum absolute atomic E-state index is 0.0662. The van der Waals surface area contributed by atoms with Gasteiger partial charge in [0.2, 0.25) is 5.91 Å². The highest BCUT2D eigenvalue weighted by Crippen LogP contribution is 2.32. The first kappa shape index (κ1) is 25.5. The Morgan fingerprint density at radius 3 is 2.67 bits per heavy atom. The van der Waals surface area contributed by atoms with E-state index < -0.39 is 0 Å². The van der Waals surface area contributed by atoms with E-state index in [2.05, 4.69) is 16.0 Å². The molecule has 0 radical (unpaired) electrons. The molecule has 2 aromatic carbocycles. The van der Waals surface area contributed by atoms with Crippen molar-refractivity contribution in [3.05, 3.63) is 59.7 Å². The van der Waals surface area contributed by atoms with Gasteiger partial charge in [-0.1, -0.05) is 30.3 Å². The van der Waals surface area contributed by atoms with Gasteiger partial charge in [0.05, 0.1) is 30.2 Å². The first-order valence-electron chi connectivity index (χ1n) is 12.4. The van der Waals surface area contributed by atoms with Crippen LogP contribution in [0.5, 0.6) is 5.75 Å². The van der Waals surface area contributed by atoms with Gasteiger partial charge in [0.1, 0.15) is 18.5 Å². The number of carbonyl (C=O) groups is 3. The molecule has 0 unspecified atom stereocenters. The Morgan fingerprint density at radius 1 is 1.14 bits per heavy atom. The number of rotatable bonds is 6. The summed E-state index contributed by atoms with van der Waals surface area (Å²) in [5, 5.41) is 8.44. The van der Waals surface area contributed by atoms with Crippen molar-refractivity contribution < 1.29 is 23.9 Å². The van der Waals surface area contributed by atoms with Crippen LogP contribution in [0.2, 0.25) is 0 Å². The summed E-state index contributed by atoms with van der Waals surface area (Å²) in [4.78, 5) is 39.6. The van der Waals surface area contributed by atoms with Crippen molar-refractivity contribution in [1.82, 2.24) is 15.5 Å². The number of hydrogen-bond donors (Lipinski definition) is 3. The molecule has 1 fully saturated rings. The van der Waals surface area contributed by atoms with Crippen LogP contribution in [0.3, 0.4) is 0 Å². The maximum Gasteiger partial charge on any atom is 0.319 e. The number of nitrogens with zero attached hydrogens (tertiary/aromatic N) is 1. The number of benzene rings is 2. The lowest BCUT2D eigenvalue weighted by Crippen LogP contribution is -2.54. The van der Waals surface area contributed by atoms with Crippen LogP contribution in [0.4, 0.5) is 10.5 Å². The fourth-order valence-electron chi connectivity index (χ4n) is 4.77. The molecule has 2 aliphatic rings. The van der Waals surface area contributed by atoms with Gasteiger partial charge in [-0.3, -0.25) is 9.59 Å². The van der Waals surface area contributed by atoms with E-state index in [0.717, 1.165) is 5.56 Å². The van der Waals surface area contributed by atoms with Crippen molar-refractivity contribution in [3.8, 4) is 5.75 Å². The van der Waals surface area contributed by atoms with Gasteiger partial charge < -0.3 is 30.3 Å². The third-order valence-electron chi connectivity index (χ3n) is 6.70. The Bertz CT molecular complexity index is 1090. The maximum absolute atomic E-state index is 13.3. The third-order valence-corrected chi connectivity index (χ3v) is 6.70. The van der Waals surface area contributed by atoms with E-state index in [0.29, 0.717) is 36.4 Å². The molecule has 9 heteroatoms. The molecule has 2 aliphatic heterocycles. The first-order valence-corrected chi connectivity index (χ1v) is 12.4. The van der Waals surface area contributed by atoms with Crippen molar-refractivity contribution in [2.75, 3.05) is 25.5 Å². The second kappa shape index (κ2) is 11.4. The number of urea groups is 1. The highest BCUT2D eigenvalue weighted by Gasteiger charge is 2.39. The number of anilines is 1. The Kier molecular flexibility index (Phi) is 8.10. The normalized spacial score (nSPS) is 22.1. The SMILES string of the molecule is CCNC(=O)Nc1ccc2c(c1)C(=O)N(C)[C@@H]1CC[C@@H](CC(=O)N[C@H](C)c3ccccc3)O[C@@H]1CO2. The fourth-order valence-corrected chi connectivity index (χ4v) is 4.77. The van der Waals surface area contributed by atoms with Crippen LogP contribution in [0.25, 0.3) is 0 Å². The van der Waals surface area contributed by atoms with Crippen molar-refractivity contribution in [2.45, 2.75) is 57.4 Å². The minimum Gasteiger partial charge on any atom is -0.490 e. The van der Waals surface area contributed by atoms with Gasteiger partial charge in [-0.2, -0.15) is 0 Å². The van der Waals surface area contributed by atoms with E-state index in [4.69, 9.17) is 9.47 Å². The summed E-state index contributed by atoms with van der Waals surface area (Å²) < 4.78 is 12.3. The zero-order valence-electron chi connectivity index (χ0n) is 21.0. The van der Waals surface area contributed by atoms with E-state index in [-0.39, 0.29) is 55.2 Å². The van der Waals surface area contributed by atoms with Crippen LogP contribution in [0, 0.1) is 0 Å². The molecule has 0 aliphatic carbocycles. The smallest absolute Gasteiger partial charge is 0.319 e. The number of fused-ring (bicyclic) bond motifs is 2. The van der Waals surface area contributed by atoms with Gasteiger partial charge >= 0.3 is 6.03 Å². The number of nitrogens with one attached hydrogen (secondary N) is 3. The molecule has 192 valence electrons. The molecular weight excluding hydrogens is 460 g/mol. The molecule has 3 N–H and O–H groups in total. The number of ether oxygens (including phenoxy) is 2. The summed E-state index contributed by atoms with van der Waals surface area (Å²) in [7, 11) is 1.76. The molecule has 9 nitrogen and oxygen atoms in total. The van der Waals surface area contributed by atoms with E-state index in [1.807, 2.05) is 44.2 Å². The largest absolute Gasteiger partial charge is 0.490 e. The van der Waals surface area contributed by atoms with Crippen LogP contribution in [0.15, 0.2) is 48.5 Å². The summed E-state index contributed by atoms with van der Waals surface area (Å²) in [6.07, 6.45) is 1.03. The average molecular weight is 495 g/mol. The lowest BCUT2D eigenvalue weighted by Gasteiger charge is -2.42. The van der Waals surface area contributed by atoms with Crippen molar-refractivity contribution in [2.24, 2.45) is 0 Å². The lowest BCUT2D eigenvalue weighted by atomic mass is 9.94. The highest BCUT2D eigenvalue weighted by molar-refractivity contribution is 5.99. The van der Waals surface area contributed by atoms with Gasteiger partial charge in [-0.05, 0) is 50.5 Å². The second-order valence-corrected chi connectivity index (χ2v) is 9.27. The summed E-state index contributed by atoms with van der Waals surface area (Å²) >= 11 is 0. The third kappa shape index (κ3) is 5.96. The maximum atomic E-state index is 13.3. The second-order valence-electron chi connectivity index (χ2n) is 9.27. The molecule has 36 heavy (non-hydrogen) atoms. The quantitative estimate of drug-likeness (QED) is 0.570. The van der Waals surface area contributed by atoms with E-state index in [1.54, 1.807) is 30.1 Å². The molecule has 4 rings (SSSR count). The van der Waals surface area contributed by atoms with Crippen LogP contribution in [0.1, 0.15) is 55.1 Å². The standard InChI is InChI=1S/C27H34N4O5/c1-4-28-27(34)30-19-10-13-23-21(14-19)26(33)31(3)22-12-11-20(36-24(22)16-35-23)15-25(32)29-17(2)18-8-6-5-7-9-18/h5-10,13-14,17,20,22,24H,4,11-12,15-16H2,1-3H3,(H,29,32)(H2,28,30,34)/t17-,20+,22-,24-/m1/s1. The minimum atomic E-state index is -0.349. The zero-order chi connectivity index (χ0) is 25.7. The first-order chi connectivity index (χ1) is 17.4. The molecule has 0 saturated carbocycles. The van der Waals surface area contributed by atoms with Gasteiger partial charge in [0.15, 0.2) is 0 Å². The summed E-state index contributed by atoms with van der Waals surface area (Å²) in [5.74, 6) is 0.172. The summed E-state index contributed by atoms with van der Waals surface area (Å²) in [6.45, 7) is 4.55. The summed E-state index contributed by atoms with van der Waals surface area (Å²) in [6, 6.07) is 14.2. The van der Waals surface area contributed by atoms with Gasteiger partial charge in [0, 0.05) is 19.3 Å². The Hall–Kier alpha value is -3.59. The molecule has 0 spiro atoms. The fraction of sp³-hybridized carbons (Fsp3) is 0.444. The average Bonchev–Trinajstić information content (AvgIpc) is 2.87. The van der Waals surface area contributed by atoms with E-state index in [9.17, 15) is 14.4 Å². The van der Waals surface area contributed by atoms with Crippen LogP contribution >= 0.6 is 0 Å². The van der Waals surface area contributed by atoms with Gasteiger partial charge in [0.25, 0.3) is 5.91 Å². The van der Waals surface area contributed by atoms with Crippen molar-refractivity contribution in [1.29, 1.82) is 0 Å². The molecule has 4 amide bonds. The highest BCUT2D eigenvalue weighted by atomic mass is 16.5. The molecule has 2 heterocycles. The molecule has 2 aromatic rings. The molecule has 0 bridgehead atoms. The van der Waals surface area contributed by atoms with Crippen LogP contribution in [-0.2, 0) is 9.53 Å². The number of carbonyl (C=O) groups excluding carboxylic acids is 3. The van der Waals surface area contributed by atoms with Gasteiger partial charge in [-0.15, -0.1) is 0 Å². The molecule has 1 saturated heterocycles.